The van der Waals surface area contributed by atoms with E-state index >= 15 is 0 Å². The number of ether oxygens (including phenoxy) is 2. The molecule has 11 heteroatoms. The predicted molar refractivity (Wildman–Crippen MR) is 149 cm³/mol. The van der Waals surface area contributed by atoms with Gasteiger partial charge in [-0.15, -0.1) is 0 Å². The number of nitrogens with zero attached hydrogens (tertiary/aromatic N) is 6. The highest BCUT2D eigenvalue weighted by atomic mass is 28.3. The summed E-state index contributed by atoms with van der Waals surface area (Å²) in [5.74, 6) is 0.765. The van der Waals surface area contributed by atoms with Gasteiger partial charge < -0.3 is 19.4 Å². The minimum absolute atomic E-state index is 0.000833. The van der Waals surface area contributed by atoms with Gasteiger partial charge in [0, 0.05) is 39.0 Å². The minimum atomic E-state index is -1.16. The molecule has 10 nitrogen and oxygen atoms in total. The van der Waals surface area contributed by atoms with Crippen LogP contribution in [0.1, 0.15) is 44.6 Å². The van der Waals surface area contributed by atoms with Crippen molar-refractivity contribution >= 4 is 30.9 Å². The number of fused-ring (bicyclic) bond motifs is 1. The minimum Gasteiger partial charge on any atom is -0.469 e. The number of methoxy groups -OCH3 is 1. The quantitative estimate of drug-likeness (QED) is 0.179. The fourth-order valence-corrected chi connectivity index (χ4v) is 5.78. The zero-order valence-electron chi connectivity index (χ0n) is 22.9. The summed E-state index contributed by atoms with van der Waals surface area (Å²) in [5.41, 5.74) is 2.37. The van der Waals surface area contributed by atoms with E-state index in [4.69, 9.17) is 14.6 Å². The Bertz CT molecular complexity index is 1270. The standard InChI is InChI=1S/C27H39N7O3Si/c1-36-24(35)10-13-29-26-22(17-34(32-26)23(9-12-28)20-7-5-6-8-20)25-21-11-14-33(27(21)31-18-30-25)19-37-15-16-38(2,3)4/h11,14,17-18,20,23H,5-10,13,15-16,19H2,1-4H3,(H,29,32). The predicted octanol–water partition coefficient (Wildman–Crippen LogP) is 5.23. The van der Waals surface area contributed by atoms with Crippen LogP contribution in [-0.4, -0.2) is 58.6 Å². The van der Waals surface area contributed by atoms with E-state index in [1.54, 1.807) is 6.33 Å². The maximum atomic E-state index is 11.7. The van der Waals surface area contributed by atoms with Gasteiger partial charge in [-0.1, -0.05) is 32.5 Å². The second-order valence-corrected chi connectivity index (χ2v) is 16.8. The number of nitriles is 1. The van der Waals surface area contributed by atoms with Crippen LogP contribution >= 0.6 is 0 Å². The van der Waals surface area contributed by atoms with Gasteiger partial charge in [-0.3, -0.25) is 9.48 Å². The highest BCUT2D eigenvalue weighted by Gasteiger charge is 2.29. The summed E-state index contributed by atoms with van der Waals surface area (Å²) in [6, 6.07) is 5.47. The molecule has 0 bridgehead atoms. The molecule has 1 aliphatic rings. The lowest BCUT2D eigenvalue weighted by atomic mass is 9.96. The van der Waals surface area contributed by atoms with Crippen LogP contribution < -0.4 is 5.32 Å². The Morgan fingerprint density at radius 3 is 2.79 bits per heavy atom. The molecule has 0 radical (unpaired) electrons. The zero-order valence-corrected chi connectivity index (χ0v) is 23.9. The van der Waals surface area contributed by atoms with E-state index in [0.29, 0.717) is 31.4 Å². The second-order valence-electron chi connectivity index (χ2n) is 11.2. The first-order chi connectivity index (χ1) is 18.3. The molecule has 4 rings (SSSR count). The molecule has 1 saturated carbocycles. The van der Waals surface area contributed by atoms with Crippen LogP contribution in [0.3, 0.4) is 0 Å². The lowest BCUT2D eigenvalue weighted by Crippen LogP contribution is -2.22. The largest absolute Gasteiger partial charge is 0.469 e. The zero-order chi connectivity index (χ0) is 27.1. The van der Waals surface area contributed by atoms with Crippen LogP contribution in [0, 0.1) is 17.2 Å². The summed E-state index contributed by atoms with van der Waals surface area (Å²) in [5, 5.41) is 18.7. The number of rotatable bonds is 13. The average Bonchev–Trinajstić information content (AvgIpc) is 3.65. The molecule has 3 aromatic rings. The van der Waals surface area contributed by atoms with Gasteiger partial charge in [-0.05, 0) is 30.9 Å². The molecule has 0 amide bonds. The Kier molecular flexibility index (Phi) is 9.17. The number of esters is 1. The van der Waals surface area contributed by atoms with Crippen molar-refractivity contribution in [2.45, 2.75) is 77.0 Å². The van der Waals surface area contributed by atoms with Gasteiger partial charge >= 0.3 is 5.97 Å². The highest BCUT2D eigenvalue weighted by Crippen LogP contribution is 2.38. The third-order valence-electron chi connectivity index (χ3n) is 7.20. The topological polar surface area (TPSA) is 120 Å². The van der Waals surface area contributed by atoms with E-state index in [0.717, 1.165) is 47.8 Å². The molecule has 1 unspecified atom stereocenters. The van der Waals surface area contributed by atoms with Crippen molar-refractivity contribution in [3.8, 4) is 17.3 Å². The van der Waals surface area contributed by atoms with Crippen LogP contribution in [0.25, 0.3) is 22.3 Å². The van der Waals surface area contributed by atoms with Gasteiger partial charge in [0.05, 0.1) is 43.3 Å². The molecule has 3 heterocycles. The summed E-state index contributed by atoms with van der Waals surface area (Å²) < 4.78 is 14.7. The fraction of sp³-hybridized carbons (Fsp3) is 0.593. The van der Waals surface area contributed by atoms with Crippen molar-refractivity contribution in [2.75, 3.05) is 25.6 Å². The van der Waals surface area contributed by atoms with Gasteiger partial charge in [0.1, 0.15) is 18.7 Å². The molecular formula is C27H39N7O3Si. The molecule has 3 aromatic heterocycles. The molecule has 1 aliphatic carbocycles. The number of hydrogen-bond acceptors (Lipinski definition) is 8. The Morgan fingerprint density at radius 1 is 1.29 bits per heavy atom. The molecule has 1 fully saturated rings. The van der Waals surface area contributed by atoms with Crippen LogP contribution in [0.15, 0.2) is 24.8 Å². The first kappa shape index (κ1) is 27.8. The first-order valence-electron chi connectivity index (χ1n) is 13.5. The maximum Gasteiger partial charge on any atom is 0.307 e. The number of aromatic nitrogens is 5. The van der Waals surface area contributed by atoms with E-state index in [1.165, 1.54) is 20.0 Å². The molecule has 0 saturated heterocycles. The molecule has 1 N–H and O–H groups in total. The normalized spacial score (nSPS) is 15.0. The number of carbonyl (C=O) groups is 1. The van der Waals surface area contributed by atoms with Crippen molar-refractivity contribution in [3.63, 3.8) is 0 Å². The Morgan fingerprint density at radius 2 is 2.08 bits per heavy atom. The lowest BCUT2D eigenvalue weighted by Gasteiger charge is -2.21. The van der Waals surface area contributed by atoms with E-state index < -0.39 is 8.07 Å². The summed E-state index contributed by atoms with van der Waals surface area (Å²) in [6.45, 7) is 8.56. The number of nitrogens with one attached hydrogen (secondary N) is 1. The van der Waals surface area contributed by atoms with E-state index in [-0.39, 0.29) is 18.4 Å². The van der Waals surface area contributed by atoms with Crippen LogP contribution in [0.5, 0.6) is 0 Å². The third-order valence-corrected chi connectivity index (χ3v) is 8.91. The summed E-state index contributed by atoms with van der Waals surface area (Å²) in [7, 11) is 0.221. The average molecular weight is 538 g/mol. The van der Waals surface area contributed by atoms with Crippen molar-refractivity contribution in [1.82, 2.24) is 24.3 Å². The summed E-state index contributed by atoms with van der Waals surface area (Å²) >= 11 is 0. The van der Waals surface area contributed by atoms with Gasteiger partial charge in [-0.2, -0.15) is 10.4 Å². The van der Waals surface area contributed by atoms with Gasteiger partial charge in [0.15, 0.2) is 5.82 Å². The van der Waals surface area contributed by atoms with Gasteiger partial charge in [-0.25, -0.2) is 9.97 Å². The Labute approximate surface area is 225 Å². The first-order valence-corrected chi connectivity index (χ1v) is 17.2. The lowest BCUT2D eigenvalue weighted by molar-refractivity contribution is -0.140. The Balaban J connectivity index is 1.65. The summed E-state index contributed by atoms with van der Waals surface area (Å²) in [4.78, 5) is 20.9. The van der Waals surface area contributed by atoms with Gasteiger partial charge in [0.2, 0.25) is 0 Å². The number of carbonyl (C=O) groups excluding carboxylic acids is 1. The van der Waals surface area contributed by atoms with Gasteiger partial charge in [0.25, 0.3) is 0 Å². The van der Waals surface area contributed by atoms with E-state index in [9.17, 15) is 10.1 Å². The van der Waals surface area contributed by atoms with Crippen LogP contribution in [-0.2, 0) is 21.0 Å². The van der Waals surface area contributed by atoms with E-state index in [1.807, 2.05) is 27.7 Å². The molecule has 0 aromatic carbocycles. The molecule has 0 aliphatic heterocycles. The smallest absolute Gasteiger partial charge is 0.307 e. The van der Waals surface area contributed by atoms with Crippen molar-refractivity contribution in [3.05, 3.63) is 24.8 Å². The van der Waals surface area contributed by atoms with Crippen LogP contribution in [0.4, 0.5) is 5.82 Å². The highest BCUT2D eigenvalue weighted by molar-refractivity contribution is 6.76. The van der Waals surface area contributed by atoms with Crippen molar-refractivity contribution < 1.29 is 14.3 Å². The third kappa shape index (κ3) is 6.79. The monoisotopic (exact) mass is 537 g/mol. The SMILES string of the molecule is COC(=O)CCNc1nn(C(CC#N)C2CCCC2)cc1-c1ncnc2c1ccn2COCC[Si](C)(C)C. The summed E-state index contributed by atoms with van der Waals surface area (Å²) in [6.07, 6.45) is 10.7. The van der Waals surface area contributed by atoms with Crippen molar-refractivity contribution in [1.29, 1.82) is 5.26 Å². The van der Waals surface area contributed by atoms with Crippen molar-refractivity contribution in [2.24, 2.45) is 5.92 Å². The molecule has 1 atom stereocenters. The second kappa shape index (κ2) is 12.5. The molecule has 0 spiro atoms. The Hall–Kier alpha value is -3.23. The maximum absolute atomic E-state index is 11.7. The number of hydrogen-bond donors (Lipinski definition) is 1. The van der Waals surface area contributed by atoms with Crippen LogP contribution in [0.2, 0.25) is 25.7 Å². The molecular weight excluding hydrogens is 498 g/mol. The molecule has 204 valence electrons. The number of anilines is 1. The van der Waals surface area contributed by atoms with E-state index in [2.05, 4.69) is 41.0 Å². The molecule has 38 heavy (non-hydrogen) atoms. The fourth-order valence-electron chi connectivity index (χ4n) is 5.03.